The van der Waals surface area contributed by atoms with Gasteiger partial charge < -0.3 is 14.1 Å². The van der Waals surface area contributed by atoms with Crippen molar-refractivity contribution in [3.63, 3.8) is 0 Å². The predicted octanol–water partition coefficient (Wildman–Crippen LogP) is 2.18. The molecule has 2 fully saturated rings. The van der Waals surface area contributed by atoms with E-state index < -0.39 is 0 Å². The first-order valence-corrected chi connectivity index (χ1v) is 8.65. The summed E-state index contributed by atoms with van der Waals surface area (Å²) in [5.74, 6) is 2.33. The number of ether oxygens (including phenoxy) is 1. The second-order valence-electron chi connectivity index (χ2n) is 7.03. The minimum atomic E-state index is -0.136. The molecule has 0 bridgehead atoms. The number of furan rings is 1. The number of carbonyl (C=O) groups excluding carboxylic acids is 1. The molecule has 0 N–H and O–H groups in total. The Labute approximate surface area is 138 Å². The van der Waals surface area contributed by atoms with Gasteiger partial charge in [0.25, 0.3) is 0 Å². The Balaban J connectivity index is 1.67. The lowest BCUT2D eigenvalue weighted by Gasteiger charge is -2.34. The van der Waals surface area contributed by atoms with E-state index in [-0.39, 0.29) is 11.8 Å². The third-order valence-corrected chi connectivity index (χ3v) is 5.32. The molecule has 1 aromatic heterocycles. The van der Waals surface area contributed by atoms with E-state index in [9.17, 15) is 4.79 Å². The lowest BCUT2D eigenvalue weighted by atomic mass is 10.00. The van der Waals surface area contributed by atoms with Gasteiger partial charge in [-0.1, -0.05) is 6.92 Å². The van der Waals surface area contributed by atoms with E-state index in [1.807, 2.05) is 31.7 Å². The molecule has 5 nitrogen and oxygen atoms in total. The van der Waals surface area contributed by atoms with Gasteiger partial charge in [-0.15, -0.1) is 0 Å². The van der Waals surface area contributed by atoms with Gasteiger partial charge in [-0.25, -0.2) is 0 Å². The average molecular weight is 320 g/mol. The fourth-order valence-electron chi connectivity index (χ4n) is 4.00. The standard InChI is InChI=1S/C18H28N2O3/c1-12-10-20(11-17(12)19-5-7-22-8-6-19)18(21)14(3)16-9-13(2)23-15(16)4/h9,12,14,17H,5-8,10-11H2,1-4H3/t12-,14+,17+/m1/s1. The molecule has 2 saturated heterocycles. The lowest BCUT2D eigenvalue weighted by Crippen LogP contribution is -2.47. The van der Waals surface area contributed by atoms with Crippen molar-refractivity contribution in [2.24, 2.45) is 5.92 Å². The molecule has 0 saturated carbocycles. The molecule has 2 aliphatic rings. The molecular weight excluding hydrogens is 292 g/mol. The monoisotopic (exact) mass is 320 g/mol. The maximum atomic E-state index is 12.9. The Hall–Kier alpha value is -1.33. The summed E-state index contributed by atoms with van der Waals surface area (Å²) < 4.78 is 11.0. The van der Waals surface area contributed by atoms with Gasteiger partial charge >= 0.3 is 0 Å². The van der Waals surface area contributed by atoms with Crippen LogP contribution in [-0.4, -0.2) is 61.1 Å². The van der Waals surface area contributed by atoms with E-state index in [0.29, 0.717) is 12.0 Å². The van der Waals surface area contributed by atoms with Crippen molar-refractivity contribution in [1.29, 1.82) is 0 Å². The van der Waals surface area contributed by atoms with E-state index in [0.717, 1.165) is 56.5 Å². The third-order valence-electron chi connectivity index (χ3n) is 5.32. The number of morpholine rings is 1. The van der Waals surface area contributed by atoms with Crippen molar-refractivity contribution in [3.8, 4) is 0 Å². The maximum absolute atomic E-state index is 12.9. The van der Waals surface area contributed by atoms with E-state index >= 15 is 0 Å². The van der Waals surface area contributed by atoms with Crippen LogP contribution in [0.3, 0.4) is 0 Å². The highest BCUT2D eigenvalue weighted by molar-refractivity contribution is 5.84. The molecule has 0 unspecified atom stereocenters. The number of nitrogens with zero attached hydrogens (tertiary/aromatic N) is 2. The van der Waals surface area contributed by atoms with Crippen LogP contribution in [0.25, 0.3) is 0 Å². The molecule has 1 aromatic rings. The van der Waals surface area contributed by atoms with Gasteiger partial charge in [-0.05, 0) is 32.8 Å². The zero-order valence-electron chi connectivity index (χ0n) is 14.7. The SMILES string of the molecule is Cc1cc([C@H](C)C(=O)N2C[C@@H](C)[C@@H](N3CCOCC3)C2)c(C)o1. The molecule has 3 heterocycles. The average Bonchev–Trinajstić information content (AvgIpc) is 3.09. The predicted molar refractivity (Wildman–Crippen MR) is 88.5 cm³/mol. The summed E-state index contributed by atoms with van der Waals surface area (Å²) in [6, 6.07) is 2.46. The van der Waals surface area contributed by atoms with Gasteiger partial charge in [-0.3, -0.25) is 9.69 Å². The topological polar surface area (TPSA) is 45.9 Å². The molecule has 23 heavy (non-hydrogen) atoms. The van der Waals surface area contributed by atoms with Crippen LogP contribution in [0.5, 0.6) is 0 Å². The van der Waals surface area contributed by atoms with E-state index in [1.54, 1.807) is 0 Å². The van der Waals surface area contributed by atoms with Gasteiger partial charge in [0, 0.05) is 37.8 Å². The molecule has 5 heteroatoms. The van der Waals surface area contributed by atoms with Gasteiger partial charge in [0.1, 0.15) is 11.5 Å². The summed E-state index contributed by atoms with van der Waals surface area (Å²) in [5.41, 5.74) is 1.02. The highest BCUT2D eigenvalue weighted by atomic mass is 16.5. The fourth-order valence-corrected chi connectivity index (χ4v) is 4.00. The molecule has 0 aliphatic carbocycles. The van der Waals surface area contributed by atoms with E-state index in [1.165, 1.54) is 0 Å². The molecule has 0 aromatic carbocycles. The molecule has 128 valence electrons. The number of amides is 1. The van der Waals surface area contributed by atoms with Crippen LogP contribution in [0.4, 0.5) is 0 Å². The van der Waals surface area contributed by atoms with Crippen LogP contribution in [0.15, 0.2) is 10.5 Å². The van der Waals surface area contributed by atoms with Gasteiger partial charge in [-0.2, -0.15) is 0 Å². The fraction of sp³-hybridized carbons (Fsp3) is 0.722. The van der Waals surface area contributed by atoms with Crippen LogP contribution < -0.4 is 0 Å². The Morgan fingerprint density at radius 1 is 1.26 bits per heavy atom. The number of hydrogen-bond donors (Lipinski definition) is 0. The minimum Gasteiger partial charge on any atom is -0.466 e. The molecule has 3 rings (SSSR count). The summed E-state index contributed by atoms with van der Waals surface area (Å²) in [7, 11) is 0. The van der Waals surface area contributed by atoms with Crippen molar-refractivity contribution in [2.45, 2.75) is 39.7 Å². The van der Waals surface area contributed by atoms with Crippen LogP contribution in [-0.2, 0) is 9.53 Å². The summed E-state index contributed by atoms with van der Waals surface area (Å²) in [5, 5.41) is 0. The zero-order chi connectivity index (χ0) is 16.6. The summed E-state index contributed by atoms with van der Waals surface area (Å²) in [6.45, 7) is 13.4. The van der Waals surface area contributed by atoms with Gasteiger partial charge in [0.05, 0.1) is 19.1 Å². The first-order chi connectivity index (χ1) is 11.0. The van der Waals surface area contributed by atoms with Crippen molar-refractivity contribution in [3.05, 3.63) is 23.2 Å². The quantitative estimate of drug-likeness (QED) is 0.856. The van der Waals surface area contributed by atoms with Crippen LogP contribution >= 0.6 is 0 Å². The molecule has 2 aliphatic heterocycles. The number of likely N-dealkylation sites (tertiary alicyclic amines) is 1. The van der Waals surface area contributed by atoms with Crippen molar-refractivity contribution in [1.82, 2.24) is 9.80 Å². The molecule has 0 radical (unpaired) electrons. The second-order valence-corrected chi connectivity index (χ2v) is 7.03. The summed E-state index contributed by atoms with van der Waals surface area (Å²) in [6.07, 6.45) is 0. The largest absolute Gasteiger partial charge is 0.466 e. The Kier molecular flexibility index (Phi) is 4.78. The Morgan fingerprint density at radius 2 is 1.96 bits per heavy atom. The van der Waals surface area contributed by atoms with Gasteiger partial charge in [0.2, 0.25) is 5.91 Å². The molecular formula is C18H28N2O3. The van der Waals surface area contributed by atoms with E-state index in [4.69, 9.17) is 9.15 Å². The highest BCUT2D eigenvalue weighted by Crippen LogP contribution is 2.29. The first kappa shape index (κ1) is 16.5. The van der Waals surface area contributed by atoms with Gasteiger partial charge in [0.15, 0.2) is 0 Å². The first-order valence-electron chi connectivity index (χ1n) is 8.65. The highest BCUT2D eigenvalue weighted by Gasteiger charge is 2.38. The minimum absolute atomic E-state index is 0.136. The van der Waals surface area contributed by atoms with Crippen LogP contribution in [0.2, 0.25) is 0 Å². The van der Waals surface area contributed by atoms with Crippen molar-refractivity contribution >= 4 is 5.91 Å². The van der Waals surface area contributed by atoms with Crippen LogP contribution in [0.1, 0.15) is 36.8 Å². The molecule has 0 spiro atoms. The number of rotatable bonds is 3. The number of hydrogen-bond acceptors (Lipinski definition) is 4. The van der Waals surface area contributed by atoms with Crippen molar-refractivity contribution < 1.29 is 13.9 Å². The van der Waals surface area contributed by atoms with E-state index in [2.05, 4.69) is 11.8 Å². The zero-order valence-corrected chi connectivity index (χ0v) is 14.7. The smallest absolute Gasteiger partial charge is 0.230 e. The third kappa shape index (κ3) is 3.31. The lowest BCUT2D eigenvalue weighted by molar-refractivity contribution is -0.131. The summed E-state index contributed by atoms with van der Waals surface area (Å²) in [4.78, 5) is 17.4. The summed E-state index contributed by atoms with van der Waals surface area (Å²) >= 11 is 0. The Bertz CT molecular complexity index is 563. The number of carbonyl (C=O) groups is 1. The second kappa shape index (κ2) is 6.65. The molecule has 3 atom stereocenters. The number of aryl methyl sites for hydroxylation is 2. The van der Waals surface area contributed by atoms with Crippen molar-refractivity contribution in [2.75, 3.05) is 39.4 Å². The van der Waals surface area contributed by atoms with Crippen LogP contribution in [0, 0.1) is 19.8 Å². The molecule has 1 amide bonds. The normalized spacial score (nSPS) is 27.4. The maximum Gasteiger partial charge on any atom is 0.230 e. The Morgan fingerprint density at radius 3 is 2.57 bits per heavy atom.